The summed E-state index contributed by atoms with van der Waals surface area (Å²) in [5, 5.41) is 15.9. The van der Waals surface area contributed by atoms with Crippen molar-refractivity contribution in [2.75, 3.05) is 39.4 Å². The number of hydrogen-bond donors (Lipinski definition) is 2. The fraction of sp³-hybridized carbons (Fsp3) is 0.895. The number of nitrogens with one attached hydrogen (secondary N) is 2. The van der Waals surface area contributed by atoms with Crippen LogP contribution in [0, 0.1) is 21.6 Å². The van der Waals surface area contributed by atoms with Crippen molar-refractivity contribution in [1.82, 2.24) is 9.80 Å². The molecule has 0 atom stereocenters. The molecule has 5 heteroatoms. The van der Waals surface area contributed by atoms with Crippen molar-refractivity contribution in [3.63, 3.8) is 0 Å². The van der Waals surface area contributed by atoms with Crippen LogP contribution in [0.5, 0.6) is 0 Å². The molecular weight excluding hydrogens is 300 g/mol. The number of hydrogen-bond acceptors (Lipinski definition) is 3. The zero-order chi connectivity index (χ0) is 18.4. The summed E-state index contributed by atoms with van der Waals surface area (Å²) in [6, 6.07) is 0. The van der Waals surface area contributed by atoms with Crippen LogP contribution in [-0.2, 0) is 4.74 Å². The molecule has 2 N–H and O–H groups in total. The smallest absolute Gasteiger partial charge is 0.101 e. The number of nitrogens with zero attached hydrogens (tertiary/aromatic N) is 2. The molecule has 24 heavy (non-hydrogen) atoms. The van der Waals surface area contributed by atoms with Crippen molar-refractivity contribution in [1.29, 1.82) is 10.8 Å². The zero-order valence-corrected chi connectivity index (χ0v) is 16.7. The van der Waals surface area contributed by atoms with Crippen molar-refractivity contribution in [3.05, 3.63) is 0 Å². The highest BCUT2D eigenvalue weighted by Gasteiger charge is 2.25. The van der Waals surface area contributed by atoms with Gasteiger partial charge in [0, 0.05) is 37.0 Å². The Morgan fingerprint density at radius 1 is 0.667 bits per heavy atom. The molecule has 2 saturated heterocycles. The molecule has 2 fully saturated rings. The van der Waals surface area contributed by atoms with Gasteiger partial charge in [0.05, 0.1) is 13.2 Å². The van der Waals surface area contributed by atoms with Crippen molar-refractivity contribution >= 4 is 11.7 Å². The lowest BCUT2D eigenvalue weighted by atomic mass is 9.93. The third-order valence-corrected chi connectivity index (χ3v) is 4.42. The minimum absolute atomic E-state index is 0.0251. The van der Waals surface area contributed by atoms with E-state index in [1.165, 1.54) is 19.3 Å². The van der Waals surface area contributed by atoms with Crippen LogP contribution in [0.1, 0.15) is 60.8 Å². The molecule has 2 aliphatic heterocycles. The standard InChI is InChI=1S/C10H20N2.C9H18N2O/c1-10(2,3)9(11)12-7-5-4-6-8-12;1-9(2,3)8(10)11-4-6-12-7-5-11/h11H,4-8H2,1-3H3;10H,4-7H2,1-3H3. The van der Waals surface area contributed by atoms with Crippen LogP contribution in [0.4, 0.5) is 0 Å². The van der Waals surface area contributed by atoms with Crippen molar-refractivity contribution in [2.24, 2.45) is 10.8 Å². The summed E-state index contributed by atoms with van der Waals surface area (Å²) in [4.78, 5) is 4.33. The van der Waals surface area contributed by atoms with Gasteiger partial charge < -0.3 is 14.5 Å². The first-order chi connectivity index (χ1) is 11.0. The quantitative estimate of drug-likeness (QED) is 0.521. The molecule has 2 heterocycles. The Labute approximate surface area is 148 Å². The summed E-state index contributed by atoms with van der Waals surface area (Å²) in [6.07, 6.45) is 3.87. The van der Waals surface area contributed by atoms with Crippen LogP contribution in [0.3, 0.4) is 0 Å². The maximum absolute atomic E-state index is 7.96. The van der Waals surface area contributed by atoms with Gasteiger partial charge in [0.1, 0.15) is 11.7 Å². The van der Waals surface area contributed by atoms with Gasteiger partial charge in [-0.3, -0.25) is 10.8 Å². The first kappa shape index (κ1) is 20.9. The molecule has 2 rings (SSSR count). The van der Waals surface area contributed by atoms with Crippen molar-refractivity contribution in [2.45, 2.75) is 60.8 Å². The van der Waals surface area contributed by atoms with Crippen LogP contribution >= 0.6 is 0 Å². The van der Waals surface area contributed by atoms with E-state index in [-0.39, 0.29) is 10.8 Å². The van der Waals surface area contributed by atoms with Gasteiger partial charge in [-0.25, -0.2) is 0 Å². The second kappa shape index (κ2) is 8.84. The minimum atomic E-state index is -0.0304. The molecule has 0 aliphatic carbocycles. The summed E-state index contributed by atoms with van der Waals surface area (Å²) >= 11 is 0. The highest BCUT2D eigenvalue weighted by atomic mass is 16.5. The monoisotopic (exact) mass is 338 g/mol. The molecular formula is C19H38N4O. The zero-order valence-electron chi connectivity index (χ0n) is 16.7. The van der Waals surface area contributed by atoms with Gasteiger partial charge >= 0.3 is 0 Å². The highest BCUT2D eigenvalue weighted by molar-refractivity contribution is 5.84. The Kier molecular flexibility index (Phi) is 7.71. The van der Waals surface area contributed by atoms with E-state index in [0.717, 1.165) is 51.1 Å². The molecule has 0 spiro atoms. The Morgan fingerprint density at radius 3 is 1.42 bits per heavy atom. The van der Waals surface area contributed by atoms with Crippen LogP contribution < -0.4 is 0 Å². The van der Waals surface area contributed by atoms with Crippen LogP contribution in [0.25, 0.3) is 0 Å². The Balaban J connectivity index is 0.000000240. The third kappa shape index (κ3) is 6.80. The molecule has 0 bridgehead atoms. The van der Waals surface area contributed by atoms with E-state index >= 15 is 0 Å². The molecule has 2 aliphatic rings. The molecule has 5 nitrogen and oxygen atoms in total. The number of piperidine rings is 1. The lowest BCUT2D eigenvalue weighted by molar-refractivity contribution is 0.0641. The van der Waals surface area contributed by atoms with E-state index in [4.69, 9.17) is 15.6 Å². The highest BCUT2D eigenvalue weighted by Crippen LogP contribution is 2.21. The summed E-state index contributed by atoms with van der Waals surface area (Å²) in [7, 11) is 0. The summed E-state index contributed by atoms with van der Waals surface area (Å²) in [5.74, 6) is 1.54. The van der Waals surface area contributed by atoms with Gasteiger partial charge in [-0.05, 0) is 19.3 Å². The Bertz CT molecular complexity index is 368. The fourth-order valence-corrected chi connectivity index (χ4v) is 2.85. The first-order valence-electron chi connectivity index (χ1n) is 9.29. The normalized spacial score (nSPS) is 19.4. The second-order valence-corrected chi connectivity index (χ2v) is 8.84. The minimum Gasteiger partial charge on any atom is -0.378 e. The second-order valence-electron chi connectivity index (χ2n) is 8.84. The number of morpholine rings is 1. The Morgan fingerprint density at radius 2 is 1.04 bits per heavy atom. The fourth-order valence-electron chi connectivity index (χ4n) is 2.85. The average molecular weight is 339 g/mol. The summed E-state index contributed by atoms with van der Waals surface area (Å²) in [5.41, 5.74) is -0.00528. The predicted octanol–water partition coefficient (Wildman–Crippen LogP) is 3.84. The van der Waals surface area contributed by atoms with Gasteiger partial charge in [-0.1, -0.05) is 41.5 Å². The van der Waals surface area contributed by atoms with Crippen LogP contribution in [0.2, 0.25) is 0 Å². The van der Waals surface area contributed by atoms with Gasteiger partial charge in [-0.2, -0.15) is 0 Å². The maximum Gasteiger partial charge on any atom is 0.101 e. The van der Waals surface area contributed by atoms with Gasteiger partial charge in [0.2, 0.25) is 0 Å². The van der Waals surface area contributed by atoms with E-state index in [9.17, 15) is 0 Å². The first-order valence-corrected chi connectivity index (χ1v) is 9.29. The summed E-state index contributed by atoms with van der Waals surface area (Å²) in [6.45, 7) is 18.0. The number of ether oxygens (including phenoxy) is 1. The topological polar surface area (TPSA) is 63.4 Å². The van der Waals surface area contributed by atoms with Gasteiger partial charge in [0.25, 0.3) is 0 Å². The van der Waals surface area contributed by atoms with Crippen LogP contribution in [0.15, 0.2) is 0 Å². The van der Waals surface area contributed by atoms with Crippen molar-refractivity contribution < 1.29 is 4.74 Å². The van der Waals surface area contributed by atoms with Gasteiger partial charge in [-0.15, -0.1) is 0 Å². The van der Waals surface area contributed by atoms with E-state index < -0.39 is 0 Å². The van der Waals surface area contributed by atoms with Gasteiger partial charge in [0.15, 0.2) is 0 Å². The van der Waals surface area contributed by atoms with Crippen LogP contribution in [-0.4, -0.2) is 60.9 Å². The van der Waals surface area contributed by atoms with E-state index in [1.807, 2.05) is 0 Å². The van der Waals surface area contributed by atoms with E-state index in [0.29, 0.717) is 0 Å². The molecule has 0 amide bonds. The third-order valence-electron chi connectivity index (χ3n) is 4.42. The predicted molar refractivity (Wildman–Crippen MR) is 102 cm³/mol. The molecule has 140 valence electrons. The lowest BCUT2D eigenvalue weighted by Gasteiger charge is -2.35. The molecule has 0 aromatic carbocycles. The molecule has 0 unspecified atom stereocenters. The molecule has 0 radical (unpaired) electrons. The SMILES string of the molecule is CC(C)(C)C(=N)N1CCCCC1.CC(C)(C)C(=N)N1CCOCC1. The number of amidine groups is 2. The molecule has 0 saturated carbocycles. The largest absolute Gasteiger partial charge is 0.378 e. The molecule has 0 aromatic heterocycles. The number of likely N-dealkylation sites (tertiary alicyclic amines) is 1. The number of rotatable bonds is 0. The van der Waals surface area contributed by atoms with E-state index in [1.54, 1.807) is 0 Å². The Hall–Kier alpha value is -1.10. The summed E-state index contributed by atoms with van der Waals surface area (Å²) < 4.78 is 5.22. The van der Waals surface area contributed by atoms with E-state index in [2.05, 4.69) is 51.3 Å². The molecule has 0 aromatic rings. The van der Waals surface area contributed by atoms with Crippen molar-refractivity contribution in [3.8, 4) is 0 Å². The lowest BCUT2D eigenvalue weighted by Crippen LogP contribution is -2.45. The average Bonchev–Trinajstić information content (AvgIpc) is 2.54. The maximum atomic E-state index is 7.96.